The first-order valence-electron chi connectivity index (χ1n) is 10.4. The van der Waals surface area contributed by atoms with E-state index in [9.17, 15) is 9.59 Å². The van der Waals surface area contributed by atoms with Gasteiger partial charge in [0.05, 0.1) is 0 Å². The zero-order valence-corrected chi connectivity index (χ0v) is 15.2. The van der Waals surface area contributed by atoms with Crippen LogP contribution in [0.2, 0.25) is 0 Å². The highest BCUT2D eigenvalue weighted by atomic mass is 16.2. The smallest absolute Gasteiger partial charge is 0.227 e. The molecule has 2 N–H and O–H groups in total. The number of anilines is 2. The van der Waals surface area contributed by atoms with Crippen LogP contribution in [0.4, 0.5) is 11.4 Å². The highest BCUT2D eigenvalue weighted by Crippen LogP contribution is 2.49. The number of fused-ring (bicyclic) bond motifs is 4. The summed E-state index contributed by atoms with van der Waals surface area (Å²) in [6.07, 6.45) is 9.67. The van der Waals surface area contributed by atoms with Crippen LogP contribution in [0.15, 0.2) is 24.3 Å². The van der Waals surface area contributed by atoms with Gasteiger partial charge in [-0.05, 0) is 86.5 Å². The molecule has 0 radical (unpaired) electrons. The molecule has 4 nitrogen and oxygen atoms in total. The van der Waals surface area contributed by atoms with E-state index in [1.54, 1.807) is 0 Å². The molecule has 5 rings (SSSR count). The molecule has 0 heterocycles. The molecule has 6 atom stereocenters. The maximum Gasteiger partial charge on any atom is 0.227 e. The summed E-state index contributed by atoms with van der Waals surface area (Å²) in [7, 11) is 0. The highest BCUT2D eigenvalue weighted by molar-refractivity contribution is 5.95. The Morgan fingerprint density at radius 1 is 0.654 bits per heavy atom. The molecule has 4 fully saturated rings. The number of hydrogen-bond acceptors (Lipinski definition) is 2. The van der Waals surface area contributed by atoms with E-state index < -0.39 is 0 Å². The third-order valence-corrected chi connectivity index (χ3v) is 7.57. The van der Waals surface area contributed by atoms with Crippen molar-refractivity contribution in [2.45, 2.75) is 51.4 Å². The fourth-order valence-electron chi connectivity index (χ4n) is 6.24. The average molecular weight is 352 g/mol. The summed E-state index contributed by atoms with van der Waals surface area (Å²) in [5.74, 6) is 3.50. The molecule has 4 heteroatoms. The van der Waals surface area contributed by atoms with Crippen molar-refractivity contribution in [1.82, 2.24) is 0 Å². The monoisotopic (exact) mass is 352 g/mol. The fourth-order valence-corrected chi connectivity index (χ4v) is 6.24. The molecule has 0 unspecified atom stereocenters. The molecular weight excluding hydrogens is 324 g/mol. The van der Waals surface area contributed by atoms with E-state index >= 15 is 0 Å². The van der Waals surface area contributed by atoms with Crippen LogP contribution < -0.4 is 10.6 Å². The first-order chi connectivity index (χ1) is 12.7. The summed E-state index contributed by atoms with van der Waals surface area (Å²) in [6.45, 7) is 0. The van der Waals surface area contributed by atoms with E-state index in [1.807, 2.05) is 24.3 Å². The first-order valence-corrected chi connectivity index (χ1v) is 10.4. The number of carbonyl (C=O) groups excluding carboxylic acids is 2. The van der Waals surface area contributed by atoms with E-state index in [0.717, 1.165) is 36.1 Å². The second kappa shape index (κ2) is 6.40. The number of benzene rings is 1. The normalized spacial score (nSPS) is 37.1. The van der Waals surface area contributed by atoms with E-state index in [1.165, 1.54) is 38.5 Å². The Kier molecular flexibility index (Phi) is 4.02. The van der Waals surface area contributed by atoms with Crippen LogP contribution >= 0.6 is 0 Å². The summed E-state index contributed by atoms with van der Waals surface area (Å²) in [4.78, 5) is 25.1. The van der Waals surface area contributed by atoms with Crippen LogP contribution in [0.1, 0.15) is 51.4 Å². The van der Waals surface area contributed by atoms with Gasteiger partial charge in [-0.15, -0.1) is 0 Å². The topological polar surface area (TPSA) is 58.2 Å². The number of nitrogens with one attached hydrogen (secondary N) is 2. The molecule has 4 aliphatic rings. The van der Waals surface area contributed by atoms with Gasteiger partial charge in [0.25, 0.3) is 0 Å². The first kappa shape index (κ1) is 16.3. The van der Waals surface area contributed by atoms with Crippen molar-refractivity contribution >= 4 is 23.2 Å². The molecule has 26 heavy (non-hydrogen) atoms. The quantitative estimate of drug-likeness (QED) is 0.842. The Bertz CT molecular complexity index is 652. The molecule has 0 aliphatic heterocycles. The van der Waals surface area contributed by atoms with Crippen molar-refractivity contribution in [1.29, 1.82) is 0 Å². The number of rotatable bonds is 4. The van der Waals surface area contributed by atoms with Crippen LogP contribution in [0.25, 0.3) is 0 Å². The zero-order chi connectivity index (χ0) is 17.7. The van der Waals surface area contributed by atoms with Gasteiger partial charge in [0.2, 0.25) is 11.8 Å². The summed E-state index contributed by atoms with van der Waals surface area (Å²) in [5.41, 5.74) is 1.66. The molecule has 4 bridgehead atoms. The lowest BCUT2D eigenvalue weighted by molar-refractivity contribution is -0.122. The minimum Gasteiger partial charge on any atom is -0.326 e. The van der Waals surface area contributed by atoms with Gasteiger partial charge in [0.15, 0.2) is 0 Å². The van der Waals surface area contributed by atoms with Gasteiger partial charge in [0.1, 0.15) is 0 Å². The van der Waals surface area contributed by atoms with Crippen LogP contribution in [0.5, 0.6) is 0 Å². The standard InChI is InChI=1S/C22H28N2O2/c25-21(19-11-13-1-3-15(19)9-13)23-17-5-7-18(8-6-17)24-22(26)20-12-14-2-4-16(20)10-14/h5-8,13-16,19-20H,1-4,9-12H2,(H,23,25)(H,24,26)/t13-,14-,15-,16-,19-,20-/m1/s1. The molecule has 4 saturated carbocycles. The van der Waals surface area contributed by atoms with Crippen molar-refractivity contribution < 1.29 is 9.59 Å². The van der Waals surface area contributed by atoms with E-state index in [2.05, 4.69) is 10.6 Å². The lowest BCUT2D eigenvalue weighted by Gasteiger charge is -2.21. The van der Waals surface area contributed by atoms with E-state index in [0.29, 0.717) is 11.8 Å². The van der Waals surface area contributed by atoms with Crippen molar-refractivity contribution in [2.24, 2.45) is 35.5 Å². The Hall–Kier alpha value is -1.84. The van der Waals surface area contributed by atoms with Gasteiger partial charge in [-0.2, -0.15) is 0 Å². The Labute approximate surface area is 155 Å². The van der Waals surface area contributed by atoms with Gasteiger partial charge in [0, 0.05) is 23.2 Å². The summed E-state index contributed by atoms with van der Waals surface area (Å²) in [6, 6.07) is 7.62. The largest absolute Gasteiger partial charge is 0.326 e. The molecular formula is C22H28N2O2. The predicted octanol–water partition coefficient (Wildman–Crippen LogP) is 4.44. The van der Waals surface area contributed by atoms with Crippen LogP contribution in [-0.4, -0.2) is 11.8 Å². The lowest BCUT2D eigenvalue weighted by Crippen LogP contribution is -2.27. The summed E-state index contributed by atoms with van der Waals surface area (Å²) >= 11 is 0. The van der Waals surface area contributed by atoms with Gasteiger partial charge in [-0.25, -0.2) is 0 Å². The van der Waals surface area contributed by atoms with Crippen molar-refractivity contribution in [2.75, 3.05) is 10.6 Å². The number of hydrogen-bond donors (Lipinski definition) is 2. The van der Waals surface area contributed by atoms with Gasteiger partial charge < -0.3 is 10.6 Å². The number of amides is 2. The maximum atomic E-state index is 12.5. The predicted molar refractivity (Wildman–Crippen MR) is 102 cm³/mol. The second-order valence-electron chi connectivity index (χ2n) is 9.12. The average Bonchev–Trinajstić information content (AvgIpc) is 3.43. The third-order valence-electron chi connectivity index (χ3n) is 7.57. The Balaban J connectivity index is 1.17. The minimum atomic E-state index is 0.177. The zero-order valence-electron chi connectivity index (χ0n) is 15.2. The molecule has 1 aromatic rings. The molecule has 0 spiro atoms. The summed E-state index contributed by atoms with van der Waals surface area (Å²) < 4.78 is 0. The molecule has 4 aliphatic carbocycles. The van der Waals surface area contributed by atoms with E-state index in [-0.39, 0.29) is 23.7 Å². The molecule has 138 valence electrons. The minimum absolute atomic E-state index is 0.177. The van der Waals surface area contributed by atoms with Crippen molar-refractivity contribution in [3.63, 3.8) is 0 Å². The van der Waals surface area contributed by atoms with E-state index in [4.69, 9.17) is 0 Å². The van der Waals surface area contributed by atoms with Crippen molar-refractivity contribution in [3.8, 4) is 0 Å². The van der Waals surface area contributed by atoms with Gasteiger partial charge in [-0.1, -0.05) is 12.8 Å². The Morgan fingerprint density at radius 2 is 1.08 bits per heavy atom. The third kappa shape index (κ3) is 2.93. The Morgan fingerprint density at radius 3 is 1.38 bits per heavy atom. The molecule has 0 saturated heterocycles. The van der Waals surface area contributed by atoms with Crippen LogP contribution in [0.3, 0.4) is 0 Å². The maximum absolute atomic E-state index is 12.5. The van der Waals surface area contributed by atoms with Gasteiger partial charge >= 0.3 is 0 Å². The number of carbonyl (C=O) groups is 2. The SMILES string of the molecule is O=C(Nc1ccc(NC(=O)[C@@H]2C[C@@H]3CC[C@@H]2C3)cc1)[C@@H]1C[C@@H]2CC[C@@H]1C2. The lowest BCUT2D eigenvalue weighted by atomic mass is 9.88. The molecule has 0 aromatic heterocycles. The summed E-state index contributed by atoms with van der Waals surface area (Å²) in [5, 5.41) is 6.15. The fraction of sp³-hybridized carbons (Fsp3) is 0.636. The van der Waals surface area contributed by atoms with Crippen molar-refractivity contribution in [3.05, 3.63) is 24.3 Å². The van der Waals surface area contributed by atoms with Crippen LogP contribution in [0, 0.1) is 35.5 Å². The second-order valence-corrected chi connectivity index (χ2v) is 9.12. The molecule has 2 amide bonds. The molecule has 1 aromatic carbocycles. The van der Waals surface area contributed by atoms with Gasteiger partial charge in [-0.3, -0.25) is 9.59 Å². The van der Waals surface area contributed by atoms with Crippen LogP contribution in [-0.2, 0) is 9.59 Å². The highest BCUT2D eigenvalue weighted by Gasteiger charge is 2.44.